The molecule has 116 valence electrons. The van der Waals surface area contributed by atoms with Crippen LogP contribution in [0.1, 0.15) is 21.7 Å². The summed E-state index contributed by atoms with van der Waals surface area (Å²) in [5.74, 6) is -0.139. The van der Waals surface area contributed by atoms with Crippen LogP contribution in [-0.4, -0.2) is 11.0 Å². The molecule has 0 atom stereocenters. The van der Waals surface area contributed by atoms with E-state index in [-0.39, 0.29) is 16.8 Å². The lowest BCUT2D eigenvalue weighted by atomic mass is 10.1. The zero-order valence-corrected chi connectivity index (χ0v) is 13.7. The minimum atomic E-state index is -0.371. The molecule has 2 aromatic carbocycles. The highest BCUT2D eigenvalue weighted by molar-refractivity contribution is 7.80. The average molecular weight is 324 g/mol. The number of fused-ring (bicyclic) bond motifs is 1. The van der Waals surface area contributed by atoms with Crippen LogP contribution in [0.2, 0.25) is 0 Å². The van der Waals surface area contributed by atoms with Gasteiger partial charge in [0.2, 0.25) is 0 Å². The number of amides is 1. The van der Waals surface area contributed by atoms with E-state index in [4.69, 9.17) is 16.6 Å². The second kappa shape index (κ2) is 6.22. The van der Waals surface area contributed by atoms with Gasteiger partial charge in [0.25, 0.3) is 5.91 Å². The number of nitrogens with one attached hydrogen (secondary N) is 2. The number of anilines is 1. The van der Waals surface area contributed by atoms with Gasteiger partial charge in [0.15, 0.2) is 10.9 Å². The van der Waals surface area contributed by atoms with Crippen molar-refractivity contribution >= 4 is 39.9 Å². The van der Waals surface area contributed by atoms with E-state index in [1.807, 2.05) is 56.3 Å². The maximum atomic E-state index is 12.2. The highest BCUT2D eigenvalue weighted by atomic mass is 32.1. The number of para-hydroxylation sites is 1. The topological polar surface area (TPSA) is 54.3 Å². The Labute approximate surface area is 139 Å². The summed E-state index contributed by atoms with van der Waals surface area (Å²) in [6, 6.07) is 15.2. The summed E-state index contributed by atoms with van der Waals surface area (Å²) in [6.45, 7) is 3.98. The second-order valence-corrected chi connectivity index (χ2v) is 5.78. The average Bonchev–Trinajstić information content (AvgIpc) is 2.95. The van der Waals surface area contributed by atoms with Gasteiger partial charge in [0, 0.05) is 11.1 Å². The summed E-state index contributed by atoms with van der Waals surface area (Å²) in [6.07, 6.45) is 0. The first kappa shape index (κ1) is 15.2. The van der Waals surface area contributed by atoms with E-state index in [2.05, 4.69) is 10.6 Å². The molecular formula is C18H16N2O2S. The van der Waals surface area contributed by atoms with Crippen LogP contribution in [-0.2, 0) is 0 Å². The van der Waals surface area contributed by atoms with E-state index in [1.54, 1.807) is 6.07 Å². The van der Waals surface area contributed by atoms with Crippen molar-refractivity contribution < 1.29 is 9.21 Å². The normalized spacial score (nSPS) is 10.5. The van der Waals surface area contributed by atoms with Crippen molar-refractivity contribution in [1.82, 2.24) is 5.32 Å². The molecule has 2 N–H and O–H groups in total. The summed E-state index contributed by atoms with van der Waals surface area (Å²) in [5.41, 5.74) is 3.71. The lowest BCUT2D eigenvalue weighted by Crippen LogP contribution is -2.34. The van der Waals surface area contributed by atoms with Crippen LogP contribution in [0.4, 0.5) is 5.69 Å². The number of benzene rings is 2. The van der Waals surface area contributed by atoms with E-state index in [0.717, 1.165) is 22.2 Å². The Hall–Kier alpha value is -2.66. The molecule has 23 heavy (non-hydrogen) atoms. The van der Waals surface area contributed by atoms with Gasteiger partial charge in [-0.15, -0.1) is 0 Å². The molecule has 0 bridgehead atoms. The van der Waals surface area contributed by atoms with Crippen molar-refractivity contribution in [3.63, 3.8) is 0 Å². The Bertz CT molecular complexity index is 866. The number of rotatable bonds is 2. The van der Waals surface area contributed by atoms with Crippen molar-refractivity contribution in [2.24, 2.45) is 0 Å². The molecule has 0 aliphatic carbocycles. The maximum absolute atomic E-state index is 12.2. The van der Waals surface area contributed by atoms with Gasteiger partial charge in [0.05, 0.1) is 0 Å². The summed E-state index contributed by atoms with van der Waals surface area (Å²) in [7, 11) is 0. The van der Waals surface area contributed by atoms with E-state index < -0.39 is 0 Å². The third kappa shape index (κ3) is 3.40. The molecule has 5 heteroatoms. The van der Waals surface area contributed by atoms with E-state index >= 15 is 0 Å². The Kier molecular flexibility index (Phi) is 4.12. The first-order valence-electron chi connectivity index (χ1n) is 7.21. The quantitative estimate of drug-likeness (QED) is 0.695. The van der Waals surface area contributed by atoms with Gasteiger partial charge in [0.1, 0.15) is 5.58 Å². The summed E-state index contributed by atoms with van der Waals surface area (Å²) in [4.78, 5) is 12.2. The molecule has 3 aromatic rings. The molecule has 3 rings (SSSR count). The molecule has 0 unspecified atom stereocenters. The first-order chi connectivity index (χ1) is 11.0. The minimum absolute atomic E-state index is 0.233. The van der Waals surface area contributed by atoms with Crippen molar-refractivity contribution in [1.29, 1.82) is 0 Å². The highest BCUT2D eigenvalue weighted by Gasteiger charge is 2.13. The number of carbonyl (C=O) groups is 1. The monoisotopic (exact) mass is 324 g/mol. The molecule has 1 aromatic heterocycles. The molecule has 0 aliphatic rings. The van der Waals surface area contributed by atoms with Gasteiger partial charge in [-0.1, -0.05) is 30.3 Å². The fourth-order valence-electron chi connectivity index (χ4n) is 2.28. The Balaban J connectivity index is 1.72. The van der Waals surface area contributed by atoms with Gasteiger partial charge >= 0.3 is 0 Å². The number of thiocarbonyl (C=S) groups is 1. The smallest absolute Gasteiger partial charge is 0.293 e. The number of carbonyl (C=O) groups excluding carboxylic acids is 1. The highest BCUT2D eigenvalue weighted by Crippen LogP contribution is 2.19. The van der Waals surface area contributed by atoms with Crippen LogP contribution in [0.3, 0.4) is 0 Å². The summed E-state index contributed by atoms with van der Waals surface area (Å²) in [5, 5.41) is 6.80. The van der Waals surface area contributed by atoms with Crippen molar-refractivity contribution in [3.05, 3.63) is 65.4 Å². The van der Waals surface area contributed by atoms with Crippen molar-refractivity contribution in [3.8, 4) is 0 Å². The lowest BCUT2D eigenvalue weighted by molar-refractivity contribution is 0.0953. The SMILES string of the molecule is Cc1ccc(C)c(NC(=S)NC(=O)c2cc3ccccc3o2)c1. The van der Waals surface area contributed by atoms with Gasteiger partial charge in [-0.05, 0) is 55.4 Å². The first-order valence-corrected chi connectivity index (χ1v) is 7.62. The van der Waals surface area contributed by atoms with Crippen molar-refractivity contribution in [2.75, 3.05) is 5.32 Å². The fraction of sp³-hybridized carbons (Fsp3) is 0.111. The molecular weight excluding hydrogens is 308 g/mol. The van der Waals surface area contributed by atoms with E-state index in [1.165, 1.54) is 0 Å². The van der Waals surface area contributed by atoms with E-state index in [0.29, 0.717) is 5.58 Å². The lowest BCUT2D eigenvalue weighted by Gasteiger charge is -2.11. The number of aryl methyl sites for hydroxylation is 2. The number of furan rings is 1. The van der Waals surface area contributed by atoms with Crippen LogP contribution < -0.4 is 10.6 Å². The molecule has 0 fully saturated rings. The summed E-state index contributed by atoms with van der Waals surface area (Å²) >= 11 is 5.21. The second-order valence-electron chi connectivity index (χ2n) is 5.38. The molecule has 0 aliphatic heterocycles. The fourth-order valence-corrected chi connectivity index (χ4v) is 2.49. The molecule has 1 heterocycles. The Morgan fingerprint density at radius 2 is 1.87 bits per heavy atom. The molecule has 4 nitrogen and oxygen atoms in total. The van der Waals surface area contributed by atoms with Gasteiger partial charge in [-0.2, -0.15) is 0 Å². The molecule has 0 saturated heterocycles. The number of hydrogen-bond donors (Lipinski definition) is 2. The van der Waals surface area contributed by atoms with Gasteiger partial charge < -0.3 is 9.73 Å². The molecule has 0 spiro atoms. The molecule has 1 amide bonds. The zero-order valence-electron chi connectivity index (χ0n) is 12.8. The van der Waals surface area contributed by atoms with Crippen LogP contribution in [0.15, 0.2) is 52.9 Å². The summed E-state index contributed by atoms with van der Waals surface area (Å²) < 4.78 is 5.52. The predicted octanol–water partition coefficient (Wildman–Crippen LogP) is 4.18. The zero-order chi connectivity index (χ0) is 16.4. The van der Waals surface area contributed by atoms with Crippen LogP contribution >= 0.6 is 12.2 Å². The maximum Gasteiger partial charge on any atom is 0.293 e. The van der Waals surface area contributed by atoms with Crippen LogP contribution in [0.25, 0.3) is 11.0 Å². The Morgan fingerprint density at radius 1 is 1.09 bits per heavy atom. The Morgan fingerprint density at radius 3 is 2.65 bits per heavy atom. The number of hydrogen-bond acceptors (Lipinski definition) is 3. The third-order valence-corrected chi connectivity index (χ3v) is 3.72. The van der Waals surface area contributed by atoms with E-state index in [9.17, 15) is 4.79 Å². The van der Waals surface area contributed by atoms with Crippen LogP contribution in [0.5, 0.6) is 0 Å². The van der Waals surface area contributed by atoms with Crippen LogP contribution in [0, 0.1) is 13.8 Å². The predicted molar refractivity (Wildman–Crippen MR) is 95.8 cm³/mol. The molecule has 0 saturated carbocycles. The third-order valence-electron chi connectivity index (χ3n) is 3.52. The van der Waals surface area contributed by atoms with Gasteiger partial charge in [-0.3, -0.25) is 10.1 Å². The minimum Gasteiger partial charge on any atom is -0.451 e. The standard InChI is InChI=1S/C18H16N2O2S/c1-11-7-8-12(2)14(9-11)19-18(23)20-17(21)16-10-13-5-3-4-6-15(13)22-16/h3-10H,1-2H3,(H2,19,20,21,23). The van der Waals surface area contributed by atoms with Crippen molar-refractivity contribution in [2.45, 2.75) is 13.8 Å². The largest absolute Gasteiger partial charge is 0.451 e. The van der Waals surface area contributed by atoms with Gasteiger partial charge in [-0.25, -0.2) is 0 Å². The molecule has 0 radical (unpaired) electrons.